The van der Waals surface area contributed by atoms with E-state index in [0.717, 1.165) is 18.2 Å². The van der Waals surface area contributed by atoms with Gasteiger partial charge in [-0.15, -0.1) is 0 Å². The number of benzene rings is 1. The molecule has 2 aliphatic rings. The number of nitrogens with zero attached hydrogens (tertiary/aromatic N) is 1. The van der Waals surface area contributed by atoms with Crippen LogP contribution in [0.5, 0.6) is 0 Å². The van der Waals surface area contributed by atoms with Gasteiger partial charge in [-0.05, 0) is 36.9 Å². The van der Waals surface area contributed by atoms with Crippen LogP contribution in [-0.4, -0.2) is 43.2 Å². The molecule has 2 fully saturated rings. The highest BCUT2D eigenvalue weighted by Crippen LogP contribution is 2.28. The summed E-state index contributed by atoms with van der Waals surface area (Å²) in [6.45, 7) is 3.33. The number of hydrogen-bond donors (Lipinski definition) is 1. The number of nitrogens with one attached hydrogen (secondary N) is 1. The van der Waals surface area contributed by atoms with Gasteiger partial charge < -0.3 is 10.1 Å². The Morgan fingerprint density at radius 1 is 1.29 bits per heavy atom. The Kier molecular flexibility index (Phi) is 4.56. The van der Waals surface area contributed by atoms with Crippen LogP contribution >= 0.6 is 0 Å². The highest BCUT2D eigenvalue weighted by Gasteiger charge is 2.36. The summed E-state index contributed by atoms with van der Waals surface area (Å²) in [6, 6.07) is 9.46. The fraction of sp³-hybridized carbons (Fsp3) is 0.588. The molecule has 0 aromatic heterocycles. The summed E-state index contributed by atoms with van der Waals surface area (Å²) in [5.74, 6) is -0.176. The largest absolute Gasteiger partial charge is 0.469 e. The number of hydrogen-bond acceptors (Lipinski definition) is 4. The summed E-state index contributed by atoms with van der Waals surface area (Å²) in [4.78, 5) is 14.1. The van der Waals surface area contributed by atoms with E-state index in [4.69, 9.17) is 4.74 Å². The average Bonchev–Trinajstić information content (AvgIpc) is 3.10. The lowest BCUT2D eigenvalue weighted by atomic mass is 10.0. The van der Waals surface area contributed by atoms with Gasteiger partial charge in [-0.25, -0.2) is 0 Å². The molecule has 0 bridgehead atoms. The Bertz CT molecular complexity index is 503. The molecular formula is C17H24N2O2. The van der Waals surface area contributed by atoms with Gasteiger partial charge in [0, 0.05) is 25.2 Å². The Hall–Kier alpha value is -1.39. The second-order valence-electron chi connectivity index (χ2n) is 6.04. The number of fused-ring (bicyclic) bond motifs is 1. The predicted octanol–water partition coefficient (Wildman–Crippen LogP) is 1.73. The SMILES string of the molecule is COC(=O)Cc1ccccc1CNC1CCN2CCCC12. The van der Waals surface area contributed by atoms with E-state index in [1.54, 1.807) is 0 Å². The normalized spacial score (nSPS) is 25.0. The van der Waals surface area contributed by atoms with E-state index in [1.165, 1.54) is 45.0 Å². The second-order valence-corrected chi connectivity index (χ2v) is 6.04. The highest BCUT2D eigenvalue weighted by atomic mass is 16.5. The number of carbonyl (C=O) groups excluding carboxylic acids is 1. The molecule has 1 aromatic carbocycles. The molecule has 0 radical (unpaired) electrons. The lowest BCUT2D eigenvalue weighted by Gasteiger charge is -2.22. The second kappa shape index (κ2) is 6.58. The highest BCUT2D eigenvalue weighted by molar-refractivity contribution is 5.72. The summed E-state index contributed by atoms with van der Waals surface area (Å²) in [5.41, 5.74) is 2.28. The zero-order valence-electron chi connectivity index (χ0n) is 12.7. The van der Waals surface area contributed by atoms with E-state index in [-0.39, 0.29) is 5.97 Å². The molecule has 3 rings (SSSR count). The standard InChI is InChI=1S/C17H24N2O2/c1-21-17(20)11-13-5-2-3-6-14(13)12-18-15-8-10-19-9-4-7-16(15)19/h2-3,5-6,15-16,18H,4,7-12H2,1H3. The van der Waals surface area contributed by atoms with Crippen molar-refractivity contribution in [1.82, 2.24) is 10.2 Å². The molecule has 4 heteroatoms. The minimum atomic E-state index is -0.176. The van der Waals surface area contributed by atoms with Crippen LogP contribution < -0.4 is 5.32 Å². The average molecular weight is 288 g/mol. The smallest absolute Gasteiger partial charge is 0.309 e. The molecular weight excluding hydrogens is 264 g/mol. The van der Waals surface area contributed by atoms with E-state index in [9.17, 15) is 4.79 Å². The van der Waals surface area contributed by atoms with Crippen LogP contribution in [-0.2, 0) is 22.5 Å². The van der Waals surface area contributed by atoms with E-state index >= 15 is 0 Å². The minimum Gasteiger partial charge on any atom is -0.469 e. The van der Waals surface area contributed by atoms with Gasteiger partial charge in [0.2, 0.25) is 0 Å². The zero-order chi connectivity index (χ0) is 14.7. The molecule has 114 valence electrons. The molecule has 1 aromatic rings. The summed E-state index contributed by atoms with van der Waals surface area (Å²) >= 11 is 0. The molecule has 2 heterocycles. The van der Waals surface area contributed by atoms with Gasteiger partial charge in [0.25, 0.3) is 0 Å². The fourth-order valence-electron chi connectivity index (χ4n) is 3.69. The summed E-state index contributed by atoms with van der Waals surface area (Å²) in [5, 5.41) is 3.71. The molecule has 21 heavy (non-hydrogen) atoms. The number of carbonyl (C=O) groups is 1. The van der Waals surface area contributed by atoms with Gasteiger partial charge in [0.05, 0.1) is 13.5 Å². The first-order chi connectivity index (χ1) is 10.3. The molecule has 4 nitrogen and oxygen atoms in total. The summed E-state index contributed by atoms with van der Waals surface area (Å²) < 4.78 is 4.78. The minimum absolute atomic E-state index is 0.176. The molecule has 2 aliphatic heterocycles. The third-order valence-electron chi connectivity index (χ3n) is 4.84. The van der Waals surface area contributed by atoms with E-state index in [1.807, 2.05) is 18.2 Å². The summed E-state index contributed by atoms with van der Waals surface area (Å²) in [7, 11) is 1.44. The lowest BCUT2D eigenvalue weighted by molar-refractivity contribution is -0.139. The van der Waals surface area contributed by atoms with Gasteiger partial charge in [-0.3, -0.25) is 9.69 Å². The maximum absolute atomic E-state index is 11.5. The van der Waals surface area contributed by atoms with Crippen molar-refractivity contribution in [2.45, 2.75) is 44.3 Å². The quantitative estimate of drug-likeness (QED) is 0.838. The molecule has 2 saturated heterocycles. The number of methoxy groups -OCH3 is 1. The van der Waals surface area contributed by atoms with E-state index < -0.39 is 0 Å². The summed E-state index contributed by atoms with van der Waals surface area (Å²) in [6.07, 6.45) is 4.25. The van der Waals surface area contributed by atoms with Crippen LogP contribution in [0.3, 0.4) is 0 Å². The molecule has 2 atom stereocenters. The fourth-order valence-corrected chi connectivity index (χ4v) is 3.69. The van der Waals surface area contributed by atoms with Gasteiger partial charge in [0.1, 0.15) is 0 Å². The molecule has 0 spiro atoms. The lowest BCUT2D eigenvalue weighted by Crippen LogP contribution is -2.38. The Labute approximate surface area is 126 Å². The molecule has 1 N–H and O–H groups in total. The number of esters is 1. The van der Waals surface area contributed by atoms with Crippen molar-refractivity contribution >= 4 is 5.97 Å². The first-order valence-electron chi connectivity index (χ1n) is 7.89. The van der Waals surface area contributed by atoms with Crippen LogP contribution in [0, 0.1) is 0 Å². The van der Waals surface area contributed by atoms with Crippen molar-refractivity contribution in [2.24, 2.45) is 0 Å². The van der Waals surface area contributed by atoms with Crippen molar-refractivity contribution in [1.29, 1.82) is 0 Å². The molecule has 0 aliphatic carbocycles. The predicted molar refractivity (Wildman–Crippen MR) is 82.0 cm³/mol. The maximum Gasteiger partial charge on any atom is 0.309 e. The first kappa shape index (κ1) is 14.5. The number of rotatable bonds is 5. The van der Waals surface area contributed by atoms with Crippen molar-refractivity contribution < 1.29 is 9.53 Å². The first-order valence-corrected chi connectivity index (χ1v) is 7.89. The Morgan fingerprint density at radius 2 is 2.10 bits per heavy atom. The van der Waals surface area contributed by atoms with Crippen LogP contribution in [0.15, 0.2) is 24.3 Å². The van der Waals surface area contributed by atoms with Crippen LogP contribution in [0.25, 0.3) is 0 Å². The monoisotopic (exact) mass is 288 g/mol. The third-order valence-corrected chi connectivity index (χ3v) is 4.84. The zero-order valence-corrected chi connectivity index (χ0v) is 12.7. The maximum atomic E-state index is 11.5. The molecule has 2 unspecified atom stereocenters. The van der Waals surface area contributed by atoms with Crippen molar-refractivity contribution in [3.8, 4) is 0 Å². The van der Waals surface area contributed by atoms with Crippen molar-refractivity contribution in [3.05, 3.63) is 35.4 Å². The Morgan fingerprint density at radius 3 is 2.90 bits per heavy atom. The number of ether oxygens (including phenoxy) is 1. The van der Waals surface area contributed by atoms with Crippen molar-refractivity contribution in [2.75, 3.05) is 20.2 Å². The van der Waals surface area contributed by atoms with Crippen LogP contribution in [0.1, 0.15) is 30.4 Å². The molecule has 0 amide bonds. The van der Waals surface area contributed by atoms with E-state index in [0.29, 0.717) is 12.5 Å². The van der Waals surface area contributed by atoms with Crippen LogP contribution in [0.4, 0.5) is 0 Å². The van der Waals surface area contributed by atoms with E-state index in [2.05, 4.69) is 16.3 Å². The molecule has 0 saturated carbocycles. The van der Waals surface area contributed by atoms with Gasteiger partial charge in [0.15, 0.2) is 0 Å². The van der Waals surface area contributed by atoms with Crippen molar-refractivity contribution in [3.63, 3.8) is 0 Å². The van der Waals surface area contributed by atoms with Gasteiger partial charge in [-0.2, -0.15) is 0 Å². The topological polar surface area (TPSA) is 41.6 Å². The third kappa shape index (κ3) is 3.27. The van der Waals surface area contributed by atoms with Gasteiger partial charge >= 0.3 is 5.97 Å². The Balaban J connectivity index is 1.61. The van der Waals surface area contributed by atoms with Gasteiger partial charge in [-0.1, -0.05) is 24.3 Å². The van der Waals surface area contributed by atoms with Crippen LogP contribution in [0.2, 0.25) is 0 Å².